The van der Waals surface area contributed by atoms with E-state index in [1.807, 2.05) is 58.6 Å². The number of hydrogen-bond acceptors (Lipinski definition) is 4. The molecule has 0 bridgehead atoms. The third-order valence-corrected chi connectivity index (χ3v) is 5.54. The number of anilines is 2. The molecule has 0 atom stereocenters. The topological polar surface area (TPSA) is 56.4 Å². The van der Waals surface area contributed by atoms with Crippen LogP contribution in [0.2, 0.25) is 0 Å². The summed E-state index contributed by atoms with van der Waals surface area (Å²) < 4.78 is 38.2. The summed E-state index contributed by atoms with van der Waals surface area (Å²) in [4.78, 5) is 8.86. The van der Waals surface area contributed by atoms with Gasteiger partial charge in [-0.2, -0.15) is 0 Å². The average molecular weight is 445 g/mol. The van der Waals surface area contributed by atoms with Gasteiger partial charge in [0.25, 0.3) is 0 Å². The van der Waals surface area contributed by atoms with Crippen molar-refractivity contribution in [3.05, 3.63) is 90.3 Å². The van der Waals surface area contributed by atoms with E-state index in [1.54, 1.807) is 20.4 Å². The van der Waals surface area contributed by atoms with Gasteiger partial charge in [0.1, 0.15) is 17.4 Å². The molecule has 0 saturated heterocycles. The van der Waals surface area contributed by atoms with Gasteiger partial charge >= 0.3 is 0 Å². The molecule has 0 spiro atoms. The van der Waals surface area contributed by atoms with Gasteiger partial charge in [-0.15, -0.1) is 0 Å². The van der Waals surface area contributed by atoms with E-state index < -0.39 is 11.6 Å². The summed E-state index contributed by atoms with van der Waals surface area (Å²) in [6.07, 6.45) is 5.47. The summed E-state index contributed by atoms with van der Waals surface area (Å²) in [5.41, 5.74) is 4.56. The molecule has 6 nitrogen and oxygen atoms in total. The third-order valence-electron chi connectivity index (χ3n) is 5.54. The predicted octanol–water partition coefficient (Wildman–Crippen LogP) is 5.83. The molecule has 1 N–H and O–H groups in total. The van der Waals surface area contributed by atoms with E-state index in [0.717, 1.165) is 17.1 Å². The van der Waals surface area contributed by atoms with Crippen LogP contribution in [0.4, 0.5) is 20.2 Å². The van der Waals surface area contributed by atoms with Gasteiger partial charge in [0, 0.05) is 29.8 Å². The van der Waals surface area contributed by atoms with E-state index in [2.05, 4.69) is 15.3 Å². The van der Waals surface area contributed by atoms with Crippen molar-refractivity contribution in [1.82, 2.24) is 18.9 Å². The molecule has 0 amide bonds. The summed E-state index contributed by atoms with van der Waals surface area (Å²) in [5.74, 6) is -0.629. The molecular formula is C25H21F2N5O. The Bertz CT molecular complexity index is 1470. The lowest BCUT2D eigenvalue weighted by molar-refractivity contribution is 0.413. The number of aromatic nitrogens is 4. The van der Waals surface area contributed by atoms with Crippen LogP contribution in [0.15, 0.2) is 67.3 Å². The van der Waals surface area contributed by atoms with Gasteiger partial charge in [0.05, 0.1) is 41.8 Å². The molecule has 0 fully saturated rings. The Morgan fingerprint density at radius 3 is 2.48 bits per heavy atom. The van der Waals surface area contributed by atoms with Crippen LogP contribution >= 0.6 is 0 Å². The van der Waals surface area contributed by atoms with E-state index in [0.29, 0.717) is 22.8 Å². The lowest BCUT2D eigenvalue weighted by atomic mass is 10.1. The summed E-state index contributed by atoms with van der Waals surface area (Å²) in [6, 6.07) is 13.3. The molecule has 0 aliphatic rings. The molecule has 0 radical (unpaired) electrons. The van der Waals surface area contributed by atoms with Gasteiger partial charge < -0.3 is 19.0 Å². The van der Waals surface area contributed by atoms with Crippen molar-refractivity contribution in [2.24, 2.45) is 0 Å². The first-order valence-corrected chi connectivity index (χ1v) is 10.3. The summed E-state index contributed by atoms with van der Waals surface area (Å²) >= 11 is 0. The molecule has 8 heteroatoms. The van der Waals surface area contributed by atoms with Gasteiger partial charge in [0.2, 0.25) is 0 Å². The second-order valence-electron chi connectivity index (χ2n) is 7.69. The van der Waals surface area contributed by atoms with Crippen LogP contribution in [0.5, 0.6) is 5.75 Å². The van der Waals surface area contributed by atoms with Crippen molar-refractivity contribution in [3.8, 4) is 22.7 Å². The number of fused-ring (bicyclic) bond motifs is 1. The van der Waals surface area contributed by atoms with Crippen LogP contribution in [0, 0.1) is 25.5 Å². The maximum atomic E-state index is 14.4. The fraction of sp³-hybridized carbons (Fsp3) is 0.120. The normalized spacial score (nSPS) is 11.2. The van der Waals surface area contributed by atoms with Crippen molar-refractivity contribution in [2.75, 3.05) is 12.4 Å². The Kier molecular flexibility index (Phi) is 5.05. The van der Waals surface area contributed by atoms with E-state index in [1.165, 1.54) is 18.2 Å². The number of pyridine rings is 1. The Labute approximate surface area is 189 Å². The molecule has 166 valence electrons. The van der Waals surface area contributed by atoms with Crippen molar-refractivity contribution in [2.45, 2.75) is 13.8 Å². The van der Waals surface area contributed by atoms with E-state index in [9.17, 15) is 8.78 Å². The number of hydrogen-bond donors (Lipinski definition) is 1. The van der Waals surface area contributed by atoms with Crippen molar-refractivity contribution >= 4 is 17.0 Å². The second kappa shape index (κ2) is 8.05. The highest BCUT2D eigenvalue weighted by Crippen LogP contribution is 2.33. The second-order valence-corrected chi connectivity index (χ2v) is 7.69. The first-order valence-electron chi connectivity index (χ1n) is 10.3. The summed E-state index contributed by atoms with van der Waals surface area (Å²) in [5, 5.41) is 3.35. The number of rotatable bonds is 5. The van der Waals surface area contributed by atoms with Crippen LogP contribution in [-0.4, -0.2) is 26.0 Å². The molecule has 0 aliphatic heterocycles. The monoisotopic (exact) mass is 445 g/mol. The number of nitrogens with zero attached hydrogens (tertiary/aromatic N) is 4. The SMILES string of the molecule is COc1cc(Nc2cccn3c(C)c(-c4c(F)cccc4F)nc23)ccc1-n1cnc(C)c1. The van der Waals surface area contributed by atoms with E-state index in [4.69, 9.17) is 4.74 Å². The minimum absolute atomic E-state index is 0.133. The minimum atomic E-state index is -0.647. The van der Waals surface area contributed by atoms with Gasteiger partial charge in [-0.25, -0.2) is 18.7 Å². The third kappa shape index (κ3) is 3.59. The predicted molar refractivity (Wildman–Crippen MR) is 123 cm³/mol. The van der Waals surface area contributed by atoms with Crippen LogP contribution in [0.25, 0.3) is 22.6 Å². The summed E-state index contributed by atoms with van der Waals surface area (Å²) in [6.45, 7) is 3.71. The number of nitrogens with one attached hydrogen (secondary N) is 1. The molecule has 0 saturated carbocycles. The highest BCUT2D eigenvalue weighted by molar-refractivity contribution is 5.79. The zero-order valence-electron chi connectivity index (χ0n) is 18.3. The fourth-order valence-electron chi connectivity index (χ4n) is 3.92. The zero-order valence-corrected chi connectivity index (χ0v) is 18.3. The first-order chi connectivity index (χ1) is 16.0. The molecule has 2 aromatic carbocycles. The van der Waals surface area contributed by atoms with Crippen LogP contribution in [-0.2, 0) is 0 Å². The summed E-state index contributed by atoms with van der Waals surface area (Å²) in [7, 11) is 1.61. The van der Waals surface area contributed by atoms with Gasteiger partial charge in [-0.05, 0) is 50.2 Å². The van der Waals surface area contributed by atoms with Gasteiger partial charge in [-0.3, -0.25) is 0 Å². The number of methoxy groups -OCH3 is 1. The van der Waals surface area contributed by atoms with E-state index >= 15 is 0 Å². The quantitative estimate of drug-likeness (QED) is 0.370. The first kappa shape index (κ1) is 20.7. The Balaban J connectivity index is 1.56. The Morgan fingerprint density at radius 1 is 1.00 bits per heavy atom. The van der Waals surface area contributed by atoms with Crippen LogP contribution in [0.3, 0.4) is 0 Å². The molecular weight excluding hydrogens is 424 g/mol. The van der Waals surface area contributed by atoms with Crippen LogP contribution in [0.1, 0.15) is 11.4 Å². The van der Waals surface area contributed by atoms with Crippen molar-refractivity contribution in [3.63, 3.8) is 0 Å². The molecule has 3 aromatic heterocycles. The maximum Gasteiger partial charge on any atom is 0.161 e. The highest BCUT2D eigenvalue weighted by atomic mass is 19.1. The van der Waals surface area contributed by atoms with Crippen molar-refractivity contribution in [1.29, 1.82) is 0 Å². The van der Waals surface area contributed by atoms with Crippen LogP contribution < -0.4 is 10.1 Å². The molecule has 5 rings (SSSR count). The lowest BCUT2D eigenvalue weighted by Crippen LogP contribution is -1.99. The molecule has 5 aromatic rings. The molecule has 3 heterocycles. The fourth-order valence-corrected chi connectivity index (χ4v) is 3.92. The Hall–Kier alpha value is -4.20. The van der Waals surface area contributed by atoms with E-state index in [-0.39, 0.29) is 11.3 Å². The average Bonchev–Trinajstić information content (AvgIpc) is 3.38. The van der Waals surface area contributed by atoms with Crippen molar-refractivity contribution < 1.29 is 13.5 Å². The number of aryl methyl sites for hydroxylation is 2. The minimum Gasteiger partial charge on any atom is -0.494 e. The molecule has 0 unspecified atom stereocenters. The number of ether oxygens (including phenoxy) is 1. The largest absolute Gasteiger partial charge is 0.494 e. The highest BCUT2D eigenvalue weighted by Gasteiger charge is 2.19. The lowest BCUT2D eigenvalue weighted by Gasteiger charge is -2.13. The number of benzene rings is 2. The smallest absolute Gasteiger partial charge is 0.161 e. The maximum absolute atomic E-state index is 14.4. The Morgan fingerprint density at radius 2 is 1.79 bits per heavy atom. The number of imidazole rings is 2. The van der Waals surface area contributed by atoms with Gasteiger partial charge in [0.15, 0.2) is 5.65 Å². The standard InChI is InChI=1S/C25H21F2N5O/c1-15-13-31(14-28-15)21-10-9-17(12-22(21)33-3)29-20-8-5-11-32-16(2)24(30-25(20)32)23-18(26)6-4-7-19(23)27/h4-14,29H,1-3H3. The zero-order chi connectivity index (χ0) is 23.1. The van der Waals surface area contributed by atoms with Gasteiger partial charge in [-0.1, -0.05) is 6.07 Å². The molecule has 0 aliphatic carbocycles. The molecule has 33 heavy (non-hydrogen) atoms. The number of halogens is 2.